The van der Waals surface area contributed by atoms with Gasteiger partial charge in [0.1, 0.15) is 6.61 Å². The highest BCUT2D eigenvalue weighted by Gasteiger charge is 2.43. The van der Waals surface area contributed by atoms with Gasteiger partial charge in [-0.25, -0.2) is 0 Å². The van der Waals surface area contributed by atoms with E-state index in [4.69, 9.17) is 23.7 Å². The first-order valence-corrected chi connectivity index (χ1v) is 7.91. The SMILES string of the molecule is CC(=O)OCC(OC(C)=O)C(OC(C)=O)C(OC(C)=O)C(CO)OC(C)=O. The van der Waals surface area contributed by atoms with Crippen molar-refractivity contribution in [1.82, 2.24) is 0 Å². The van der Waals surface area contributed by atoms with Gasteiger partial charge in [0.15, 0.2) is 24.4 Å². The lowest BCUT2D eigenvalue weighted by molar-refractivity contribution is -0.205. The first-order chi connectivity index (χ1) is 12.5. The van der Waals surface area contributed by atoms with Crippen LogP contribution in [0.2, 0.25) is 0 Å². The summed E-state index contributed by atoms with van der Waals surface area (Å²) in [5.74, 6) is -4.03. The molecule has 4 atom stereocenters. The summed E-state index contributed by atoms with van der Waals surface area (Å²) in [4.78, 5) is 56.8. The summed E-state index contributed by atoms with van der Waals surface area (Å²) in [7, 11) is 0. The van der Waals surface area contributed by atoms with Gasteiger partial charge in [0, 0.05) is 34.6 Å². The molecule has 0 spiro atoms. The molecular weight excluding hydrogens is 368 g/mol. The van der Waals surface area contributed by atoms with Crippen LogP contribution in [0.1, 0.15) is 34.6 Å². The van der Waals surface area contributed by atoms with E-state index in [9.17, 15) is 29.1 Å². The van der Waals surface area contributed by atoms with Crippen LogP contribution in [-0.4, -0.2) is 72.6 Å². The molecule has 0 saturated heterocycles. The number of aliphatic hydroxyl groups is 1. The first-order valence-electron chi connectivity index (χ1n) is 7.91. The van der Waals surface area contributed by atoms with Gasteiger partial charge in [0.2, 0.25) is 0 Å². The monoisotopic (exact) mass is 392 g/mol. The topological polar surface area (TPSA) is 152 Å². The molecule has 0 aliphatic heterocycles. The van der Waals surface area contributed by atoms with Crippen LogP contribution in [0.5, 0.6) is 0 Å². The zero-order valence-electron chi connectivity index (χ0n) is 15.8. The fourth-order valence-corrected chi connectivity index (χ4v) is 2.12. The van der Waals surface area contributed by atoms with Crippen molar-refractivity contribution in [3.63, 3.8) is 0 Å². The molecule has 1 N–H and O–H groups in total. The maximum Gasteiger partial charge on any atom is 0.303 e. The Morgan fingerprint density at radius 2 is 1.00 bits per heavy atom. The Morgan fingerprint density at radius 3 is 1.33 bits per heavy atom. The van der Waals surface area contributed by atoms with Crippen LogP contribution in [-0.2, 0) is 47.7 Å². The second-order valence-corrected chi connectivity index (χ2v) is 5.43. The zero-order valence-corrected chi connectivity index (χ0v) is 15.8. The van der Waals surface area contributed by atoms with Gasteiger partial charge in [0.05, 0.1) is 6.61 Å². The van der Waals surface area contributed by atoms with E-state index in [0.717, 1.165) is 34.6 Å². The maximum atomic E-state index is 11.5. The highest BCUT2D eigenvalue weighted by atomic mass is 16.6. The number of carbonyl (C=O) groups is 5. The first kappa shape index (κ1) is 24.3. The number of ether oxygens (including phenoxy) is 5. The Hall–Kier alpha value is -2.69. The van der Waals surface area contributed by atoms with Crippen molar-refractivity contribution >= 4 is 29.8 Å². The van der Waals surface area contributed by atoms with Gasteiger partial charge in [-0.05, 0) is 0 Å². The minimum absolute atomic E-state index is 0.539. The van der Waals surface area contributed by atoms with Crippen LogP contribution in [0.4, 0.5) is 0 Å². The molecule has 0 saturated carbocycles. The van der Waals surface area contributed by atoms with E-state index in [1.807, 2.05) is 0 Å². The number of esters is 5. The Kier molecular flexibility index (Phi) is 10.7. The summed E-state index contributed by atoms with van der Waals surface area (Å²) < 4.78 is 24.9. The molecule has 0 aromatic carbocycles. The molecule has 0 radical (unpaired) electrons. The molecule has 11 nitrogen and oxygen atoms in total. The van der Waals surface area contributed by atoms with E-state index < -0.39 is 67.5 Å². The number of carbonyl (C=O) groups excluding carboxylic acids is 5. The van der Waals surface area contributed by atoms with Crippen LogP contribution in [0.25, 0.3) is 0 Å². The molecule has 0 aliphatic carbocycles. The van der Waals surface area contributed by atoms with Crippen molar-refractivity contribution in [2.45, 2.75) is 59.0 Å². The van der Waals surface area contributed by atoms with Gasteiger partial charge in [0.25, 0.3) is 0 Å². The number of hydrogen-bond acceptors (Lipinski definition) is 11. The lowest BCUT2D eigenvalue weighted by Gasteiger charge is -2.34. The zero-order chi connectivity index (χ0) is 21.1. The third-order valence-electron chi connectivity index (χ3n) is 2.93. The predicted octanol–water partition coefficient (Wildman–Crippen LogP) is -0.731. The Labute approximate surface area is 155 Å². The quantitative estimate of drug-likeness (QED) is 0.370. The summed E-state index contributed by atoms with van der Waals surface area (Å²) in [6.45, 7) is 3.95. The molecule has 0 aromatic heterocycles. The van der Waals surface area contributed by atoms with E-state index >= 15 is 0 Å². The van der Waals surface area contributed by atoms with Crippen LogP contribution in [0, 0.1) is 0 Å². The van der Waals surface area contributed by atoms with Gasteiger partial charge in [-0.15, -0.1) is 0 Å². The Balaban J connectivity index is 5.96. The van der Waals surface area contributed by atoms with Crippen LogP contribution in [0.15, 0.2) is 0 Å². The molecule has 154 valence electrons. The van der Waals surface area contributed by atoms with E-state index in [-0.39, 0.29) is 0 Å². The average molecular weight is 392 g/mol. The lowest BCUT2D eigenvalue weighted by atomic mass is 10.0. The fraction of sp³-hybridized carbons (Fsp3) is 0.688. The minimum Gasteiger partial charge on any atom is -0.462 e. The normalized spacial score (nSPS) is 14.7. The fourth-order valence-electron chi connectivity index (χ4n) is 2.12. The standard InChI is InChI=1S/C16H24O11/c1-8(18)23-7-14(25-10(3)20)16(27-12(5)22)15(26-11(4)21)13(6-17)24-9(2)19/h13-17H,6-7H2,1-5H3. The van der Waals surface area contributed by atoms with E-state index in [2.05, 4.69) is 0 Å². The van der Waals surface area contributed by atoms with Crippen molar-refractivity contribution in [3.05, 3.63) is 0 Å². The van der Waals surface area contributed by atoms with Crippen LogP contribution < -0.4 is 0 Å². The summed E-state index contributed by atoms with van der Waals surface area (Å²) in [6, 6.07) is 0. The summed E-state index contributed by atoms with van der Waals surface area (Å²) in [5.41, 5.74) is 0. The van der Waals surface area contributed by atoms with Crippen LogP contribution >= 0.6 is 0 Å². The second kappa shape index (κ2) is 11.8. The molecule has 0 amide bonds. The Bertz CT molecular complexity index is 557. The smallest absolute Gasteiger partial charge is 0.303 e. The highest BCUT2D eigenvalue weighted by Crippen LogP contribution is 2.20. The minimum atomic E-state index is -1.54. The molecular formula is C16H24O11. The lowest BCUT2D eigenvalue weighted by Crippen LogP contribution is -2.54. The third-order valence-corrected chi connectivity index (χ3v) is 2.93. The van der Waals surface area contributed by atoms with Gasteiger partial charge in [-0.2, -0.15) is 0 Å². The van der Waals surface area contributed by atoms with Gasteiger partial charge >= 0.3 is 29.8 Å². The summed E-state index contributed by atoms with van der Waals surface area (Å²) >= 11 is 0. The number of hydrogen-bond donors (Lipinski definition) is 1. The Morgan fingerprint density at radius 1 is 0.630 bits per heavy atom. The molecule has 27 heavy (non-hydrogen) atoms. The molecule has 0 fully saturated rings. The van der Waals surface area contributed by atoms with Gasteiger partial charge in [-0.3, -0.25) is 24.0 Å². The molecule has 11 heteroatoms. The van der Waals surface area contributed by atoms with E-state index in [1.165, 1.54) is 0 Å². The maximum absolute atomic E-state index is 11.5. The number of rotatable bonds is 10. The number of aliphatic hydroxyl groups excluding tert-OH is 1. The van der Waals surface area contributed by atoms with Gasteiger partial charge in [-0.1, -0.05) is 0 Å². The van der Waals surface area contributed by atoms with Crippen molar-refractivity contribution in [3.8, 4) is 0 Å². The molecule has 0 aromatic rings. The van der Waals surface area contributed by atoms with E-state index in [0.29, 0.717) is 0 Å². The van der Waals surface area contributed by atoms with Crippen LogP contribution in [0.3, 0.4) is 0 Å². The van der Waals surface area contributed by atoms with Crippen molar-refractivity contribution < 1.29 is 52.8 Å². The second-order valence-electron chi connectivity index (χ2n) is 5.43. The van der Waals surface area contributed by atoms with Gasteiger partial charge < -0.3 is 28.8 Å². The summed E-state index contributed by atoms with van der Waals surface area (Å²) in [5, 5.41) is 9.52. The largest absolute Gasteiger partial charge is 0.462 e. The molecule has 0 aliphatic rings. The summed E-state index contributed by atoms with van der Waals surface area (Å²) in [6.07, 6.45) is -5.92. The average Bonchev–Trinajstić information content (AvgIpc) is 2.51. The van der Waals surface area contributed by atoms with Crippen molar-refractivity contribution in [2.75, 3.05) is 13.2 Å². The predicted molar refractivity (Wildman–Crippen MR) is 85.9 cm³/mol. The van der Waals surface area contributed by atoms with E-state index in [1.54, 1.807) is 0 Å². The molecule has 0 heterocycles. The molecule has 0 rings (SSSR count). The molecule has 0 bridgehead atoms. The third kappa shape index (κ3) is 10.1. The highest BCUT2D eigenvalue weighted by molar-refractivity contribution is 5.69. The van der Waals surface area contributed by atoms with Crippen molar-refractivity contribution in [1.29, 1.82) is 0 Å². The van der Waals surface area contributed by atoms with Crippen molar-refractivity contribution in [2.24, 2.45) is 0 Å². The molecule has 4 unspecified atom stereocenters.